The summed E-state index contributed by atoms with van der Waals surface area (Å²) in [4.78, 5) is 7.91. The quantitative estimate of drug-likeness (QED) is 0.159. The first-order valence-corrected chi connectivity index (χ1v) is 28.4. The van der Waals surface area contributed by atoms with Gasteiger partial charge < -0.3 is 14.7 Å². The van der Waals surface area contributed by atoms with Gasteiger partial charge in [0, 0.05) is 44.5 Å². The first-order valence-electron chi connectivity index (χ1n) is 27.5. The summed E-state index contributed by atoms with van der Waals surface area (Å²) in [6, 6.07) is 54.7. The summed E-state index contributed by atoms with van der Waals surface area (Å²) >= 11 is 1.97. The molecule has 8 aromatic rings. The predicted molar refractivity (Wildman–Crippen MR) is 323 cm³/mol. The molecule has 3 heterocycles. The molecule has 3 nitrogen and oxygen atoms in total. The van der Waals surface area contributed by atoms with Crippen molar-refractivity contribution >= 4 is 95.0 Å². The van der Waals surface area contributed by atoms with Gasteiger partial charge in [0.05, 0.1) is 10.7 Å². The van der Waals surface area contributed by atoms with Crippen LogP contribution in [0.15, 0.2) is 140 Å². The predicted octanol–water partition coefficient (Wildman–Crippen LogP) is 18.1. The van der Waals surface area contributed by atoms with Gasteiger partial charge in [-0.2, -0.15) is 0 Å². The van der Waals surface area contributed by atoms with Crippen LogP contribution in [0.25, 0.3) is 10.1 Å². The Labute approximate surface area is 447 Å². The number of benzene rings is 7. The highest BCUT2D eigenvalue weighted by molar-refractivity contribution is 7.26. The van der Waals surface area contributed by atoms with Crippen LogP contribution in [0.4, 0.5) is 50.5 Å². The number of aryl methyl sites for hydroxylation is 1. The second-order valence-corrected chi connectivity index (χ2v) is 28.3. The van der Waals surface area contributed by atoms with E-state index in [4.69, 9.17) is 0 Å². The molecule has 12 rings (SSSR count). The van der Waals surface area contributed by atoms with Gasteiger partial charge in [0.25, 0.3) is 6.71 Å². The number of nitrogens with zero attached hydrogens (tertiary/aromatic N) is 3. The molecule has 74 heavy (non-hydrogen) atoms. The van der Waals surface area contributed by atoms with E-state index in [1.807, 2.05) is 11.3 Å². The van der Waals surface area contributed by atoms with E-state index in [2.05, 4.69) is 258 Å². The first kappa shape index (κ1) is 48.9. The van der Waals surface area contributed by atoms with Crippen LogP contribution in [0.2, 0.25) is 0 Å². The molecular weight excluding hydrogens is 914 g/mol. The molecule has 7 aromatic carbocycles. The van der Waals surface area contributed by atoms with Crippen molar-refractivity contribution in [2.24, 2.45) is 0 Å². The highest BCUT2D eigenvalue weighted by atomic mass is 32.1. The molecule has 2 aliphatic heterocycles. The van der Waals surface area contributed by atoms with Crippen LogP contribution in [0.3, 0.4) is 0 Å². The van der Waals surface area contributed by atoms with Crippen molar-refractivity contribution < 1.29 is 0 Å². The maximum absolute atomic E-state index is 2.76. The van der Waals surface area contributed by atoms with Crippen LogP contribution < -0.4 is 31.1 Å². The molecular formula is C69H76BN3S. The zero-order valence-electron chi connectivity index (χ0n) is 46.9. The summed E-state index contributed by atoms with van der Waals surface area (Å²) in [5, 5.41) is 2.69. The second kappa shape index (κ2) is 16.5. The van der Waals surface area contributed by atoms with Crippen molar-refractivity contribution in [3.05, 3.63) is 178 Å². The SMILES string of the molecule is Cc1cc2c(cc1N1c3cc4c(cc3B3c5c1cc(N(c1ccccc1)c1ccccc1)cc5N(c1ccc(C(C)(C)C)cc1)c1sc5ccc(C(C)(C)C)cc5c13)C(C)(C)CCC4(C)C)C(C)(C)CCC2(C)C. The van der Waals surface area contributed by atoms with Crippen molar-refractivity contribution in [3.8, 4) is 0 Å². The normalized spacial score (nSPS) is 17.8. The summed E-state index contributed by atoms with van der Waals surface area (Å²) < 4.78 is 1.34. The summed E-state index contributed by atoms with van der Waals surface area (Å²) in [6.07, 6.45) is 4.66. The Morgan fingerprint density at radius 3 is 1.46 bits per heavy atom. The highest BCUT2D eigenvalue weighted by Gasteiger charge is 2.49. The van der Waals surface area contributed by atoms with Crippen molar-refractivity contribution in [2.45, 2.75) is 162 Å². The molecule has 0 bridgehead atoms. The number of para-hydroxylation sites is 2. The molecule has 0 saturated heterocycles. The van der Waals surface area contributed by atoms with Crippen LogP contribution in [0.1, 0.15) is 162 Å². The van der Waals surface area contributed by atoms with Gasteiger partial charge in [-0.05, 0) is 193 Å². The fourth-order valence-electron chi connectivity index (χ4n) is 13.3. The van der Waals surface area contributed by atoms with Gasteiger partial charge in [0.2, 0.25) is 0 Å². The topological polar surface area (TPSA) is 9.72 Å². The molecule has 1 aromatic heterocycles. The smallest absolute Gasteiger partial charge is 0.254 e. The second-order valence-electron chi connectivity index (χ2n) is 27.3. The molecule has 4 aliphatic rings. The molecule has 0 saturated carbocycles. The van der Waals surface area contributed by atoms with Crippen molar-refractivity contribution in [3.63, 3.8) is 0 Å². The summed E-state index contributed by atoms with van der Waals surface area (Å²) in [5.74, 6) is 0. The Morgan fingerprint density at radius 1 is 0.459 bits per heavy atom. The van der Waals surface area contributed by atoms with Crippen molar-refractivity contribution in [1.29, 1.82) is 0 Å². The number of hydrogen-bond donors (Lipinski definition) is 0. The maximum atomic E-state index is 2.76. The summed E-state index contributed by atoms with van der Waals surface area (Å²) in [5.41, 5.74) is 24.1. The van der Waals surface area contributed by atoms with Gasteiger partial charge in [0.15, 0.2) is 0 Å². The maximum Gasteiger partial charge on any atom is 0.254 e. The van der Waals surface area contributed by atoms with E-state index >= 15 is 0 Å². The van der Waals surface area contributed by atoms with Crippen molar-refractivity contribution in [1.82, 2.24) is 0 Å². The van der Waals surface area contributed by atoms with E-state index in [0.29, 0.717) is 0 Å². The Morgan fingerprint density at radius 2 is 0.932 bits per heavy atom. The third kappa shape index (κ3) is 7.63. The van der Waals surface area contributed by atoms with Crippen LogP contribution in [0, 0.1) is 6.92 Å². The zero-order valence-corrected chi connectivity index (χ0v) is 47.8. The fourth-order valence-corrected chi connectivity index (χ4v) is 14.6. The summed E-state index contributed by atoms with van der Waals surface area (Å²) in [7, 11) is 0. The zero-order chi connectivity index (χ0) is 52.2. The van der Waals surface area contributed by atoms with Gasteiger partial charge in [-0.25, -0.2) is 0 Å². The lowest BCUT2D eigenvalue weighted by atomic mass is 9.33. The third-order valence-corrected chi connectivity index (χ3v) is 19.4. The molecule has 5 heteroatoms. The molecule has 0 amide bonds. The largest absolute Gasteiger partial charge is 0.311 e. The van der Waals surface area contributed by atoms with Crippen LogP contribution in [-0.2, 0) is 32.5 Å². The van der Waals surface area contributed by atoms with Crippen LogP contribution >= 0.6 is 11.3 Å². The van der Waals surface area contributed by atoms with Crippen molar-refractivity contribution in [2.75, 3.05) is 14.7 Å². The Balaban J connectivity index is 1.27. The number of anilines is 9. The number of thiophene rings is 1. The average molecular weight is 990 g/mol. The number of fused-ring (bicyclic) bond motifs is 8. The molecule has 2 aliphatic carbocycles. The molecule has 0 spiro atoms. The van der Waals surface area contributed by atoms with Gasteiger partial charge in [-0.15, -0.1) is 11.3 Å². The number of rotatable bonds is 5. The molecule has 0 fully saturated rings. The van der Waals surface area contributed by atoms with E-state index in [1.165, 1.54) is 105 Å². The van der Waals surface area contributed by atoms with E-state index in [-0.39, 0.29) is 39.2 Å². The lowest BCUT2D eigenvalue weighted by Gasteiger charge is -2.48. The molecule has 0 radical (unpaired) electrons. The first-order chi connectivity index (χ1) is 34.8. The minimum atomic E-state index is -0.0225. The summed E-state index contributed by atoms with van der Waals surface area (Å²) in [6.45, 7) is 36.3. The third-order valence-electron chi connectivity index (χ3n) is 18.2. The highest BCUT2D eigenvalue weighted by Crippen LogP contribution is 2.55. The van der Waals surface area contributed by atoms with Gasteiger partial charge in [0.1, 0.15) is 0 Å². The minimum Gasteiger partial charge on any atom is -0.311 e. The van der Waals surface area contributed by atoms with E-state index in [1.54, 1.807) is 0 Å². The van der Waals surface area contributed by atoms with E-state index in [9.17, 15) is 0 Å². The van der Waals surface area contributed by atoms with Gasteiger partial charge in [-0.3, -0.25) is 0 Å². The average Bonchev–Trinajstić information content (AvgIpc) is 3.75. The van der Waals surface area contributed by atoms with Crippen LogP contribution in [0.5, 0.6) is 0 Å². The monoisotopic (exact) mass is 990 g/mol. The molecule has 0 N–H and O–H groups in total. The fraction of sp³-hybridized carbons (Fsp3) is 0.362. The molecule has 0 atom stereocenters. The van der Waals surface area contributed by atoms with Crippen LogP contribution in [-0.4, -0.2) is 6.71 Å². The van der Waals surface area contributed by atoms with Gasteiger partial charge in [-0.1, -0.05) is 170 Å². The lowest BCUT2D eigenvalue weighted by Crippen LogP contribution is -2.61. The Hall–Kier alpha value is -6.04. The molecule has 376 valence electrons. The minimum absolute atomic E-state index is 0.0115. The van der Waals surface area contributed by atoms with Gasteiger partial charge >= 0.3 is 0 Å². The Bertz CT molecular complexity index is 3510. The number of hydrogen-bond acceptors (Lipinski definition) is 4. The van der Waals surface area contributed by atoms with E-state index < -0.39 is 0 Å². The Kier molecular flexibility index (Phi) is 10.9. The molecule has 0 unspecified atom stereocenters. The lowest BCUT2D eigenvalue weighted by molar-refractivity contribution is 0.331. The standard InChI is InChI=1S/C69H76BN3S/c1-43-36-51-53(68(12,13)34-32-66(51,8)9)41-56(43)73-57-42-54-52(67(10,11)33-35-69(54,14)15)40-55(57)70-61-50-37-45(65(5,6)7)28-31-60(50)74-63(61)72(48-29-26-44(27-30-48)64(2,3)4)58-38-49(39-59(73)62(58)70)71(46-22-18-16-19-23-46)47-24-20-17-21-25-47/h16-31,36-42H,32-35H2,1-15H3. The van der Waals surface area contributed by atoms with E-state index in [0.717, 1.165) is 36.3 Å².